The average Bonchev–Trinajstić information content (AvgIpc) is 3.18. The summed E-state index contributed by atoms with van der Waals surface area (Å²) in [4.78, 5) is 34.1. The molecule has 0 saturated carbocycles. The minimum Gasteiger partial charge on any atom is -0.357 e. The number of fused-ring (bicyclic) bond motifs is 1. The van der Waals surface area contributed by atoms with Gasteiger partial charge >= 0.3 is 0 Å². The molecular formula is C28H43N7O. The highest BCUT2D eigenvalue weighted by Gasteiger charge is 2.26. The molecule has 3 fully saturated rings. The van der Waals surface area contributed by atoms with Gasteiger partial charge in [-0.1, -0.05) is 26.7 Å². The molecule has 8 nitrogen and oxygen atoms in total. The summed E-state index contributed by atoms with van der Waals surface area (Å²) in [6.45, 7) is 13.7. The first-order valence-electron chi connectivity index (χ1n) is 14.1. The number of rotatable bonds is 6. The van der Waals surface area contributed by atoms with Crippen LogP contribution in [0.3, 0.4) is 0 Å². The minimum absolute atomic E-state index is 0.178. The van der Waals surface area contributed by atoms with Crippen LogP contribution in [0.1, 0.15) is 75.8 Å². The van der Waals surface area contributed by atoms with Crippen molar-refractivity contribution in [2.24, 2.45) is 5.41 Å². The minimum atomic E-state index is -0.178. The lowest BCUT2D eigenvalue weighted by Crippen LogP contribution is -2.47. The summed E-state index contributed by atoms with van der Waals surface area (Å²) in [6, 6.07) is 4.19. The van der Waals surface area contributed by atoms with Crippen LogP contribution in [0.15, 0.2) is 18.3 Å². The third-order valence-electron chi connectivity index (χ3n) is 8.42. The van der Waals surface area contributed by atoms with E-state index in [2.05, 4.69) is 43.8 Å². The van der Waals surface area contributed by atoms with Gasteiger partial charge in [0.05, 0.1) is 11.7 Å². The molecule has 3 aliphatic rings. The maximum Gasteiger partial charge on any atom is 0.289 e. The second-order valence-electron chi connectivity index (χ2n) is 11.8. The smallest absolute Gasteiger partial charge is 0.289 e. The van der Waals surface area contributed by atoms with E-state index in [1.165, 1.54) is 51.6 Å². The summed E-state index contributed by atoms with van der Waals surface area (Å²) in [5.74, 6) is 1.05. The Kier molecular flexibility index (Phi) is 8.01. The van der Waals surface area contributed by atoms with E-state index in [-0.39, 0.29) is 17.8 Å². The summed E-state index contributed by atoms with van der Waals surface area (Å²) < 4.78 is 0. The number of aromatic nitrogens is 3. The molecule has 196 valence electrons. The Hall–Kier alpha value is -2.32. The number of hydrogen-bond acceptors (Lipinski definition) is 7. The van der Waals surface area contributed by atoms with E-state index < -0.39 is 0 Å². The van der Waals surface area contributed by atoms with Crippen molar-refractivity contribution in [1.82, 2.24) is 30.1 Å². The van der Waals surface area contributed by atoms with Gasteiger partial charge in [-0.05, 0) is 69.2 Å². The highest BCUT2D eigenvalue weighted by atomic mass is 16.2. The molecule has 36 heavy (non-hydrogen) atoms. The van der Waals surface area contributed by atoms with Gasteiger partial charge in [-0.2, -0.15) is 0 Å². The number of piperidine rings is 2. The monoisotopic (exact) mass is 493 g/mol. The van der Waals surface area contributed by atoms with Crippen molar-refractivity contribution < 1.29 is 4.79 Å². The topological polar surface area (TPSA) is 77.5 Å². The number of nitrogens with one attached hydrogen (secondary N) is 1. The maximum absolute atomic E-state index is 12.9. The highest BCUT2D eigenvalue weighted by Crippen LogP contribution is 2.29. The first-order chi connectivity index (χ1) is 17.4. The molecule has 0 unspecified atom stereocenters. The number of anilines is 1. The van der Waals surface area contributed by atoms with E-state index in [1.807, 2.05) is 12.1 Å². The first-order valence-corrected chi connectivity index (χ1v) is 14.1. The Bertz CT molecular complexity index is 1020. The molecular weight excluding hydrogens is 450 g/mol. The maximum atomic E-state index is 12.9. The van der Waals surface area contributed by atoms with E-state index in [4.69, 9.17) is 4.98 Å². The van der Waals surface area contributed by atoms with Crippen LogP contribution >= 0.6 is 0 Å². The summed E-state index contributed by atoms with van der Waals surface area (Å²) in [7, 11) is 0. The number of amides is 1. The molecule has 1 N–H and O–H groups in total. The van der Waals surface area contributed by atoms with Gasteiger partial charge in [0.2, 0.25) is 5.82 Å². The van der Waals surface area contributed by atoms with Crippen LogP contribution in [-0.2, 0) is 0 Å². The van der Waals surface area contributed by atoms with Gasteiger partial charge in [-0.25, -0.2) is 15.0 Å². The fourth-order valence-corrected chi connectivity index (χ4v) is 5.71. The second-order valence-corrected chi connectivity index (χ2v) is 11.8. The van der Waals surface area contributed by atoms with Crippen molar-refractivity contribution in [1.29, 1.82) is 0 Å². The number of carbonyl (C=O) groups excluding carboxylic acids is 1. The van der Waals surface area contributed by atoms with Gasteiger partial charge in [0, 0.05) is 45.3 Å². The van der Waals surface area contributed by atoms with Crippen LogP contribution in [0.2, 0.25) is 0 Å². The fourth-order valence-electron chi connectivity index (χ4n) is 5.71. The normalized spacial score (nSPS) is 22.4. The van der Waals surface area contributed by atoms with Crippen LogP contribution in [-0.4, -0.2) is 89.1 Å². The molecule has 0 spiro atoms. The van der Waals surface area contributed by atoms with Crippen LogP contribution in [0.4, 0.5) is 5.82 Å². The van der Waals surface area contributed by atoms with Crippen molar-refractivity contribution in [2.75, 3.05) is 57.3 Å². The summed E-state index contributed by atoms with van der Waals surface area (Å²) in [5, 5.41) is 3.18. The van der Waals surface area contributed by atoms with Crippen LogP contribution in [0, 0.1) is 5.41 Å². The van der Waals surface area contributed by atoms with Crippen molar-refractivity contribution in [3.8, 4) is 0 Å². The molecule has 3 aliphatic heterocycles. The standard InChI is InChI=1S/C28H43N7O/c1-28(2)11-17-34(18-12-28)20-19-33-15-9-22(10-16-33)30-27(36)26-29-21-24-23(32-26)7-8-25(31-24)35-13-5-3-4-6-14-35/h7-8,21-22H,3-6,9-20H2,1-2H3,(H,30,36). The van der Waals surface area contributed by atoms with Crippen molar-refractivity contribution in [3.05, 3.63) is 24.2 Å². The molecule has 0 aromatic carbocycles. The van der Waals surface area contributed by atoms with Gasteiger partial charge < -0.3 is 20.0 Å². The van der Waals surface area contributed by atoms with Crippen molar-refractivity contribution >= 4 is 22.8 Å². The lowest BCUT2D eigenvalue weighted by molar-refractivity contribution is 0.0881. The van der Waals surface area contributed by atoms with Gasteiger partial charge in [-0.15, -0.1) is 0 Å². The van der Waals surface area contributed by atoms with Gasteiger partial charge in [0.25, 0.3) is 5.91 Å². The zero-order valence-electron chi connectivity index (χ0n) is 22.2. The molecule has 0 bridgehead atoms. The number of pyridine rings is 1. The molecule has 0 aliphatic carbocycles. The number of carbonyl (C=O) groups is 1. The van der Waals surface area contributed by atoms with E-state index >= 15 is 0 Å². The highest BCUT2D eigenvalue weighted by molar-refractivity contribution is 5.92. The predicted molar refractivity (Wildman–Crippen MR) is 144 cm³/mol. The largest absolute Gasteiger partial charge is 0.357 e. The summed E-state index contributed by atoms with van der Waals surface area (Å²) in [5.41, 5.74) is 1.98. The molecule has 1 amide bonds. The Labute approximate surface area is 215 Å². The predicted octanol–water partition coefficient (Wildman–Crippen LogP) is 3.72. The van der Waals surface area contributed by atoms with Gasteiger partial charge in [-0.3, -0.25) is 4.79 Å². The molecule has 5 rings (SSSR count). The molecule has 2 aromatic rings. The van der Waals surface area contributed by atoms with E-state index in [1.54, 1.807) is 6.20 Å². The van der Waals surface area contributed by atoms with Crippen molar-refractivity contribution in [3.63, 3.8) is 0 Å². The van der Waals surface area contributed by atoms with Crippen LogP contribution < -0.4 is 10.2 Å². The molecule has 2 aromatic heterocycles. The van der Waals surface area contributed by atoms with E-state index in [9.17, 15) is 4.79 Å². The third kappa shape index (κ3) is 6.51. The third-order valence-corrected chi connectivity index (χ3v) is 8.42. The number of nitrogens with zero attached hydrogens (tertiary/aromatic N) is 6. The van der Waals surface area contributed by atoms with Crippen molar-refractivity contribution in [2.45, 2.75) is 71.3 Å². The van der Waals surface area contributed by atoms with Gasteiger partial charge in [0.1, 0.15) is 11.3 Å². The van der Waals surface area contributed by atoms with Gasteiger partial charge in [0.15, 0.2) is 0 Å². The Balaban J connectivity index is 1.09. The molecule has 3 saturated heterocycles. The molecule has 8 heteroatoms. The fraction of sp³-hybridized carbons (Fsp3) is 0.714. The Morgan fingerprint density at radius 1 is 0.889 bits per heavy atom. The molecule has 5 heterocycles. The van der Waals surface area contributed by atoms with E-state index in [0.717, 1.165) is 69.0 Å². The zero-order chi connectivity index (χ0) is 25.0. The van der Waals surface area contributed by atoms with Crippen LogP contribution in [0.5, 0.6) is 0 Å². The first kappa shape index (κ1) is 25.3. The second kappa shape index (κ2) is 11.4. The lowest BCUT2D eigenvalue weighted by atomic mass is 9.83. The Morgan fingerprint density at radius 3 is 2.25 bits per heavy atom. The SMILES string of the molecule is CC1(C)CCN(CCN2CCC(NC(=O)c3ncc4nc(N5CCCCCC5)ccc4n3)CC2)CC1. The number of hydrogen-bond donors (Lipinski definition) is 1. The Morgan fingerprint density at radius 2 is 1.56 bits per heavy atom. The number of likely N-dealkylation sites (tertiary alicyclic amines) is 2. The summed E-state index contributed by atoms with van der Waals surface area (Å²) >= 11 is 0. The van der Waals surface area contributed by atoms with E-state index in [0.29, 0.717) is 5.41 Å². The molecule has 0 radical (unpaired) electrons. The lowest BCUT2D eigenvalue weighted by Gasteiger charge is -2.38. The zero-order valence-corrected chi connectivity index (χ0v) is 22.2. The average molecular weight is 494 g/mol. The van der Waals surface area contributed by atoms with Crippen LogP contribution in [0.25, 0.3) is 11.0 Å². The quantitative estimate of drug-likeness (QED) is 0.657. The molecule has 0 atom stereocenters. The summed E-state index contributed by atoms with van der Waals surface area (Å²) in [6.07, 6.45) is 11.3.